The second-order valence-electron chi connectivity index (χ2n) is 5.75. The summed E-state index contributed by atoms with van der Waals surface area (Å²) >= 11 is 0. The number of nitrogens with one attached hydrogen (secondary N) is 1. The zero-order valence-corrected chi connectivity index (χ0v) is 10.0. The molecule has 1 amide bonds. The highest BCUT2D eigenvalue weighted by Crippen LogP contribution is 2.39. The molecule has 3 rings (SSSR count). The van der Waals surface area contributed by atoms with Crippen molar-refractivity contribution in [2.75, 3.05) is 19.6 Å². The molecule has 3 heteroatoms. The van der Waals surface area contributed by atoms with Gasteiger partial charge in [-0.25, -0.2) is 0 Å². The number of amides is 1. The molecule has 2 aliphatic heterocycles. The number of carbonyl (C=O) groups is 1. The van der Waals surface area contributed by atoms with Crippen molar-refractivity contribution in [3.05, 3.63) is 0 Å². The number of hydrogen-bond acceptors (Lipinski definition) is 2. The topological polar surface area (TPSA) is 32.3 Å². The molecule has 3 aliphatic rings. The van der Waals surface area contributed by atoms with Gasteiger partial charge in [0, 0.05) is 19.1 Å². The Hall–Kier alpha value is -0.570. The smallest absolute Gasteiger partial charge is 0.230 e. The first-order valence-electron chi connectivity index (χ1n) is 6.84. The largest absolute Gasteiger partial charge is 0.339 e. The fraction of sp³-hybridized carbons (Fsp3) is 0.923. The molecule has 2 heterocycles. The number of nitrogens with zero attached hydrogens (tertiary/aromatic N) is 1. The van der Waals surface area contributed by atoms with Crippen molar-refractivity contribution in [1.29, 1.82) is 0 Å². The van der Waals surface area contributed by atoms with Crippen LogP contribution >= 0.6 is 0 Å². The standard InChI is InChI=1S/C13H22N2O/c16-12-13(7-8-14-10-13)6-3-9-15(12)11-4-1-2-5-11/h11,14H,1-10H2/t13-/m0/s1. The van der Waals surface area contributed by atoms with E-state index in [9.17, 15) is 4.79 Å². The SMILES string of the molecule is O=C1N(C2CCCC2)CCC[C@@]12CCNC2. The molecule has 1 N–H and O–H groups in total. The monoisotopic (exact) mass is 222 g/mol. The third kappa shape index (κ3) is 1.56. The highest BCUT2D eigenvalue weighted by molar-refractivity contribution is 5.84. The Balaban J connectivity index is 1.77. The van der Waals surface area contributed by atoms with Gasteiger partial charge < -0.3 is 10.2 Å². The van der Waals surface area contributed by atoms with Gasteiger partial charge in [0.25, 0.3) is 0 Å². The molecule has 0 aromatic rings. The predicted molar refractivity (Wildman–Crippen MR) is 63.1 cm³/mol. The van der Waals surface area contributed by atoms with Crippen LogP contribution in [0.2, 0.25) is 0 Å². The molecule has 0 bridgehead atoms. The number of likely N-dealkylation sites (tertiary alicyclic amines) is 1. The van der Waals surface area contributed by atoms with Gasteiger partial charge >= 0.3 is 0 Å². The second-order valence-corrected chi connectivity index (χ2v) is 5.75. The van der Waals surface area contributed by atoms with Crippen LogP contribution in [-0.2, 0) is 4.79 Å². The molecule has 1 saturated carbocycles. The molecular formula is C13H22N2O. The van der Waals surface area contributed by atoms with Gasteiger partial charge in [0.05, 0.1) is 5.41 Å². The van der Waals surface area contributed by atoms with Crippen molar-refractivity contribution >= 4 is 5.91 Å². The minimum absolute atomic E-state index is 0.0131. The lowest BCUT2D eigenvalue weighted by Crippen LogP contribution is -2.53. The van der Waals surface area contributed by atoms with E-state index in [1.807, 2.05) is 0 Å². The number of carbonyl (C=O) groups excluding carboxylic acids is 1. The van der Waals surface area contributed by atoms with Crippen LogP contribution in [-0.4, -0.2) is 36.5 Å². The summed E-state index contributed by atoms with van der Waals surface area (Å²) in [5.74, 6) is 0.468. The molecule has 1 spiro atoms. The van der Waals surface area contributed by atoms with E-state index in [4.69, 9.17) is 0 Å². The van der Waals surface area contributed by atoms with Gasteiger partial charge in [0.1, 0.15) is 0 Å². The third-order valence-corrected chi connectivity index (χ3v) is 4.78. The maximum atomic E-state index is 12.6. The number of hydrogen-bond donors (Lipinski definition) is 1. The Morgan fingerprint density at radius 1 is 1.19 bits per heavy atom. The third-order valence-electron chi connectivity index (χ3n) is 4.78. The lowest BCUT2D eigenvalue weighted by atomic mass is 9.78. The van der Waals surface area contributed by atoms with E-state index in [0.717, 1.165) is 32.5 Å². The summed E-state index contributed by atoms with van der Waals surface area (Å²) in [4.78, 5) is 14.8. The summed E-state index contributed by atoms with van der Waals surface area (Å²) in [5.41, 5.74) is -0.0131. The van der Waals surface area contributed by atoms with Crippen molar-refractivity contribution in [3.8, 4) is 0 Å². The first-order valence-corrected chi connectivity index (χ1v) is 6.84. The molecule has 1 atom stereocenters. The maximum absolute atomic E-state index is 12.6. The highest BCUT2D eigenvalue weighted by Gasteiger charge is 2.47. The molecule has 0 unspecified atom stereocenters. The van der Waals surface area contributed by atoms with E-state index in [1.165, 1.54) is 32.1 Å². The number of piperidine rings is 1. The van der Waals surface area contributed by atoms with E-state index in [1.54, 1.807) is 0 Å². The van der Waals surface area contributed by atoms with Crippen LogP contribution in [0.25, 0.3) is 0 Å². The summed E-state index contributed by atoms with van der Waals surface area (Å²) in [6.07, 6.45) is 8.52. The Morgan fingerprint density at radius 2 is 2.00 bits per heavy atom. The van der Waals surface area contributed by atoms with E-state index in [0.29, 0.717) is 11.9 Å². The maximum Gasteiger partial charge on any atom is 0.230 e. The van der Waals surface area contributed by atoms with E-state index >= 15 is 0 Å². The average molecular weight is 222 g/mol. The van der Waals surface area contributed by atoms with Crippen LogP contribution in [0, 0.1) is 5.41 Å². The average Bonchev–Trinajstić information content (AvgIpc) is 2.94. The lowest BCUT2D eigenvalue weighted by molar-refractivity contribution is -0.147. The molecule has 90 valence electrons. The van der Waals surface area contributed by atoms with Crippen LogP contribution in [0.15, 0.2) is 0 Å². The number of rotatable bonds is 1. The molecule has 0 radical (unpaired) electrons. The summed E-state index contributed by atoms with van der Waals surface area (Å²) in [6, 6.07) is 0.574. The van der Waals surface area contributed by atoms with Crippen molar-refractivity contribution < 1.29 is 4.79 Å². The molecule has 16 heavy (non-hydrogen) atoms. The van der Waals surface area contributed by atoms with Crippen LogP contribution in [0.3, 0.4) is 0 Å². The van der Waals surface area contributed by atoms with Crippen LogP contribution in [0.4, 0.5) is 0 Å². The molecule has 1 aliphatic carbocycles. The highest BCUT2D eigenvalue weighted by atomic mass is 16.2. The Morgan fingerprint density at radius 3 is 2.69 bits per heavy atom. The second kappa shape index (κ2) is 4.02. The Bertz CT molecular complexity index is 278. The van der Waals surface area contributed by atoms with Gasteiger partial charge in [-0.3, -0.25) is 4.79 Å². The van der Waals surface area contributed by atoms with Crippen LogP contribution in [0.1, 0.15) is 44.9 Å². The molecule has 0 aromatic heterocycles. The van der Waals surface area contributed by atoms with Gasteiger partial charge in [0.2, 0.25) is 5.91 Å². The predicted octanol–water partition coefficient (Wildman–Crippen LogP) is 1.53. The zero-order valence-electron chi connectivity index (χ0n) is 10.0. The zero-order chi connectivity index (χ0) is 11.0. The van der Waals surface area contributed by atoms with Gasteiger partial charge in [-0.05, 0) is 38.6 Å². The Kier molecular flexibility index (Phi) is 2.66. The summed E-state index contributed by atoms with van der Waals surface area (Å²) in [6.45, 7) is 2.98. The van der Waals surface area contributed by atoms with Crippen molar-refractivity contribution in [3.63, 3.8) is 0 Å². The van der Waals surface area contributed by atoms with Gasteiger partial charge in [-0.2, -0.15) is 0 Å². The molecule has 3 nitrogen and oxygen atoms in total. The van der Waals surface area contributed by atoms with Crippen LogP contribution < -0.4 is 5.32 Å². The van der Waals surface area contributed by atoms with Crippen molar-refractivity contribution in [2.45, 2.75) is 51.0 Å². The van der Waals surface area contributed by atoms with E-state index < -0.39 is 0 Å². The first-order chi connectivity index (χ1) is 7.82. The normalized spacial score (nSPS) is 36.5. The van der Waals surface area contributed by atoms with Crippen LogP contribution in [0.5, 0.6) is 0 Å². The minimum atomic E-state index is -0.0131. The van der Waals surface area contributed by atoms with E-state index in [-0.39, 0.29) is 5.41 Å². The molecule has 0 aromatic carbocycles. The molecule has 2 saturated heterocycles. The van der Waals surface area contributed by atoms with Crippen molar-refractivity contribution in [2.24, 2.45) is 5.41 Å². The summed E-state index contributed by atoms with van der Waals surface area (Å²) in [5, 5.41) is 3.38. The first kappa shape index (κ1) is 10.6. The van der Waals surface area contributed by atoms with E-state index in [2.05, 4.69) is 10.2 Å². The fourth-order valence-electron chi connectivity index (χ4n) is 3.80. The van der Waals surface area contributed by atoms with Gasteiger partial charge in [-0.1, -0.05) is 12.8 Å². The summed E-state index contributed by atoms with van der Waals surface area (Å²) < 4.78 is 0. The summed E-state index contributed by atoms with van der Waals surface area (Å²) in [7, 11) is 0. The minimum Gasteiger partial charge on any atom is -0.339 e. The lowest BCUT2D eigenvalue weighted by Gasteiger charge is -2.42. The van der Waals surface area contributed by atoms with Gasteiger partial charge in [-0.15, -0.1) is 0 Å². The molecule has 3 fully saturated rings. The quantitative estimate of drug-likeness (QED) is 0.730. The van der Waals surface area contributed by atoms with Crippen molar-refractivity contribution in [1.82, 2.24) is 10.2 Å². The molecular weight excluding hydrogens is 200 g/mol. The van der Waals surface area contributed by atoms with Gasteiger partial charge in [0.15, 0.2) is 0 Å². The Labute approximate surface area is 97.6 Å². The fourth-order valence-corrected chi connectivity index (χ4v) is 3.80.